The number of rotatable bonds is 5. The van der Waals surface area contributed by atoms with Gasteiger partial charge in [-0.1, -0.05) is 12.1 Å². The molecule has 0 unspecified atom stereocenters. The van der Waals surface area contributed by atoms with Crippen molar-refractivity contribution in [1.29, 1.82) is 0 Å². The molecule has 0 saturated carbocycles. The van der Waals surface area contributed by atoms with Crippen LogP contribution in [0, 0.1) is 0 Å². The highest BCUT2D eigenvalue weighted by Crippen LogP contribution is 2.08. The van der Waals surface area contributed by atoms with Gasteiger partial charge in [-0.05, 0) is 12.1 Å². The summed E-state index contributed by atoms with van der Waals surface area (Å²) in [6.45, 7) is 0.312. The molecule has 0 saturated heterocycles. The van der Waals surface area contributed by atoms with Gasteiger partial charge in [0.25, 0.3) is 0 Å². The third-order valence-electron chi connectivity index (χ3n) is 3.25. The Kier molecular flexibility index (Phi) is 4.88. The first-order chi connectivity index (χ1) is 10.5. The molecule has 0 spiro atoms. The van der Waals surface area contributed by atoms with Gasteiger partial charge in [-0.3, -0.25) is 19.1 Å². The van der Waals surface area contributed by atoms with Gasteiger partial charge in [0.2, 0.25) is 17.2 Å². The molecule has 2 rings (SSSR count). The monoisotopic (exact) mass is 302 g/mol. The third-order valence-corrected chi connectivity index (χ3v) is 3.25. The maximum absolute atomic E-state index is 11.8. The van der Waals surface area contributed by atoms with Gasteiger partial charge in [-0.2, -0.15) is 5.10 Å². The summed E-state index contributed by atoms with van der Waals surface area (Å²) in [6, 6.07) is 7.12. The Morgan fingerprint density at radius 3 is 2.73 bits per heavy atom. The van der Waals surface area contributed by atoms with E-state index in [1.54, 1.807) is 37.0 Å². The zero-order valence-corrected chi connectivity index (χ0v) is 12.6. The first kappa shape index (κ1) is 15.7. The summed E-state index contributed by atoms with van der Waals surface area (Å²) in [5.74, 6) is -0.403. The lowest BCUT2D eigenvalue weighted by molar-refractivity contribution is -0.130. The minimum atomic E-state index is -0.236. The van der Waals surface area contributed by atoms with Gasteiger partial charge in [0, 0.05) is 25.9 Å². The molecular weight excluding hydrogens is 284 g/mol. The molecule has 0 radical (unpaired) electrons. The number of nitrogens with one attached hydrogen (secondary N) is 1. The van der Waals surface area contributed by atoms with Crippen LogP contribution in [0.15, 0.2) is 35.3 Å². The molecule has 22 heavy (non-hydrogen) atoms. The van der Waals surface area contributed by atoms with E-state index < -0.39 is 0 Å². The summed E-state index contributed by atoms with van der Waals surface area (Å²) in [7, 11) is 3.26. The second-order valence-electron chi connectivity index (χ2n) is 5.06. The lowest BCUT2D eigenvalue weighted by Gasteiger charge is -2.12. The molecule has 1 N–H and O–H groups in total. The van der Waals surface area contributed by atoms with Crippen molar-refractivity contribution < 1.29 is 9.59 Å². The van der Waals surface area contributed by atoms with Gasteiger partial charge < -0.3 is 10.2 Å². The summed E-state index contributed by atoms with van der Waals surface area (Å²) in [5, 5.41) is 7.18. The molecule has 7 heteroatoms. The number of aromatic nitrogens is 2. The van der Waals surface area contributed by atoms with Crippen molar-refractivity contribution >= 4 is 22.7 Å². The highest BCUT2D eigenvalue weighted by Gasteiger charge is 2.09. The molecule has 2 aromatic rings. The minimum Gasteiger partial charge on any atom is -0.347 e. The molecule has 0 fully saturated rings. The van der Waals surface area contributed by atoms with Crippen molar-refractivity contribution in [3.8, 4) is 0 Å². The fraction of sp³-hybridized carbons (Fsp3) is 0.333. The largest absolute Gasteiger partial charge is 0.347 e. The van der Waals surface area contributed by atoms with E-state index in [4.69, 9.17) is 0 Å². The first-order valence-corrected chi connectivity index (χ1v) is 6.91. The van der Waals surface area contributed by atoms with Crippen LogP contribution >= 0.6 is 0 Å². The number of carbonyl (C=O) groups is 2. The second kappa shape index (κ2) is 6.84. The number of fused-ring (bicyclic) bond motifs is 1. The number of amides is 2. The molecule has 0 aliphatic carbocycles. The van der Waals surface area contributed by atoms with Gasteiger partial charge in [-0.15, -0.1) is 0 Å². The van der Waals surface area contributed by atoms with Gasteiger partial charge >= 0.3 is 0 Å². The number of para-hydroxylation sites is 1. The van der Waals surface area contributed by atoms with E-state index >= 15 is 0 Å². The SMILES string of the molecule is CN(C)C(=O)CNC(=O)CCn1ncc(=O)c2ccccc21. The Hall–Kier alpha value is -2.70. The zero-order valence-electron chi connectivity index (χ0n) is 12.6. The second-order valence-corrected chi connectivity index (χ2v) is 5.06. The first-order valence-electron chi connectivity index (χ1n) is 6.91. The molecule has 1 aromatic heterocycles. The smallest absolute Gasteiger partial charge is 0.241 e. The number of carbonyl (C=O) groups excluding carboxylic acids is 2. The number of hydrogen-bond acceptors (Lipinski definition) is 4. The normalized spacial score (nSPS) is 10.5. The van der Waals surface area contributed by atoms with Gasteiger partial charge in [0.05, 0.1) is 24.8 Å². The Balaban J connectivity index is 2.00. The van der Waals surface area contributed by atoms with Gasteiger partial charge in [-0.25, -0.2) is 0 Å². The molecule has 1 aromatic carbocycles. The fourth-order valence-electron chi connectivity index (χ4n) is 1.97. The highest BCUT2D eigenvalue weighted by atomic mass is 16.2. The minimum absolute atomic E-state index is 0.0236. The number of aryl methyl sites for hydroxylation is 1. The molecular formula is C15H18N4O3. The Morgan fingerprint density at radius 2 is 2.00 bits per heavy atom. The van der Waals surface area contributed by atoms with E-state index in [2.05, 4.69) is 10.4 Å². The molecule has 116 valence electrons. The summed E-state index contributed by atoms with van der Waals surface area (Å²) in [4.78, 5) is 36.3. The van der Waals surface area contributed by atoms with Crippen molar-refractivity contribution in [3.05, 3.63) is 40.7 Å². The summed E-state index contributed by atoms with van der Waals surface area (Å²) < 4.78 is 1.62. The van der Waals surface area contributed by atoms with Crippen molar-refractivity contribution in [1.82, 2.24) is 20.0 Å². The average Bonchev–Trinajstić information content (AvgIpc) is 2.52. The highest BCUT2D eigenvalue weighted by molar-refractivity contribution is 5.84. The van der Waals surface area contributed by atoms with Crippen LogP contribution in [0.4, 0.5) is 0 Å². The maximum Gasteiger partial charge on any atom is 0.241 e. The Morgan fingerprint density at radius 1 is 1.27 bits per heavy atom. The Bertz CT molecular complexity index is 752. The maximum atomic E-state index is 11.8. The zero-order chi connectivity index (χ0) is 16.1. The van der Waals surface area contributed by atoms with E-state index in [1.807, 2.05) is 6.07 Å². The predicted molar refractivity (Wildman–Crippen MR) is 82.3 cm³/mol. The van der Waals surface area contributed by atoms with Crippen LogP contribution in [0.25, 0.3) is 10.9 Å². The van der Waals surface area contributed by atoms with Crippen LogP contribution < -0.4 is 10.7 Å². The van der Waals surface area contributed by atoms with Crippen LogP contribution in [0.1, 0.15) is 6.42 Å². The molecule has 7 nitrogen and oxygen atoms in total. The van der Waals surface area contributed by atoms with Crippen LogP contribution in [0.3, 0.4) is 0 Å². The number of nitrogens with zero attached hydrogens (tertiary/aromatic N) is 3. The topological polar surface area (TPSA) is 84.3 Å². The molecule has 0 bridgehead atoms. The number of benzene rings is 1. The Labute approximate surface area is 127 Å². The lowest BCUT2D eigenvalue weighted by atomic mass is 10.2. The molecule has 0 atom stereocenters. The van der Waals surface area contributed by atoms with Gasteiger partial charge in [0.1, 0.15) is 0 Å². The van der Waals surface area contributed by atoms with Gasteiger partial charge in [0.15, 0.2) is 0 Å². The van der Waals surface area contributed by atoms with Crippen LogP contribution in [-0.4, -0.2) is 47.1 Å². The van der Waals surface area contributed by atoms with E-state index in [-0.39, 0.29) is 30.2 Å². The fourth-order valence-corrected chi connectivity index (χ4v) is 1.97. The quantitative estimate of drug-likeness (QED) is 0.842. The summed E-state index contributed by atoms with van der Waals surface area (Å²) in [6.07, 6.45) is 1.43. The van der Waals surface area contributed by atoms with Crippen LogP contribution in [-0.2, 0) is 16.1 Å². The lowest BCUT2D eigenvalue weighted by Crippen LogP contribution is -2.36. The van der Waals surface area contributed by atoms with Crippen molar-refractivity contribution in [2.45, 2.75) is 13.0 Å². The van der Waals surface area contributed by atoms with E-state index in [0.717, 1.165) is 0 Å². The summed E-state index contributed by atoms with van der Waals surface area (Å²) >= 11 is 0. The van der Waals surface area contributed by atoms with E-state index in [1.165, 1.54) is 11.1 Å². The molecule has 0 aliphatic heterocycles. The standard InChI is InChI=1S/C15H18N4O3/c1-18(2)15(22)10-16-14(21)7-8-19-12-6-4-3-5-11(12)13(20)9-17-19/h3-6,9H,7-8,10H2,1-2H3,(H,16,21). The predicted octanol–water partition coefficient (Wildman–Crippen LogP) is -0.00900. The van der Waals surface area contributed by atoms with Crippen LogP contribution in [0.2, 0.25) is 0 Å². The number of hydrogen-bond donors (Lipinski definition) is 1. The van der Waals surface area contributed by atoms with E-state index in [9.17, 15) is 14.4 Å². The number of likely N-dealkylation sites (N-methyl/N-ethyl adjacent to an activating group) is 1. The molecule has 2 amide bonds. The van der Waals surface area contributed by atoms with Crippen molar-refractivity contribution in [2.24, 2.45) is 0 Å². The molecule has 0 aliphatic rings. The average molecular weight is 302 g/mol. The van der Waals surface area contributed by atoms with Crippen molar-refractivity contribution in [2.75, 3.05) is 20.6 Å². The van der Waals surface area contributed by atoms with Crippen molar-refractivity contribution in [3.63, 3.8) is 0 Å². The molecule has 1 heterocycles. The van der Waals surface area contributed by atoms with Crippen LogP contribution in [0.5, 0.6) is 0 Å². The third kappa shape index (κ3) is 3.69. The summed E-state index contributed by atoms with van der Waals surface area (Å²) in [5.41, 5.74) is 0.542. The van der Waals surface area contributed by atoms with E-state index in [0.29, 0.717) is 17.4 Å².